The van der Waals surface area contributed by atoms with Crippen molar-refractivity contribution in [3.63, 3.8) is 0 Å². The standard InChI is InChI=1S/C25H27N3O2S/c1-19-6-5-7-20(16-19)10-11-21-17-26-25(27-18-21)28-22-12-14-24(15-13-22)31(29,30)23-8-3-2-4-9-23/h5-7,10-18,23H,2-4,8-9H2,1H3,(H,26,27,28)/b11-10+. The van der Waals surface area contributed by atoms with E-state index in [4.69, 9.17) is 0 Å². The Morgan fingerprint density at radius 3 is 2.26 bits per heavy atom. The lowest BCUT2D eigenvalue weighted by Crippen LogP contribution is -2.24. The van der Waals surface area contributed by atoms with Gasteiger partial charge in [-0.3, -0.25) is 0 Å². The zero-order valence-corrected chi connectivity index (χ0v) is 18.5. The van der Waals surface area contributed by atoms with Gasteiger partial charge in [0.05, 0.1) is 10.1 Å². The lowest BCUT2D eigenvalue weighted by molar-refractivity contribution is 0.483. The minimum absolute atomic E-state index is 0.246. The Bertz CT molecular complexity index is 1150. The van der Waals surface area contributed by atoms with Crippen LogP contribution < -0.4 is 5.32 Å². The SMILES string of the molecule is Cc1cccc(/C=C/c2cnc(Nc3ccc(S(=O)(=O)C4CCCCC4)cc3)nc2)c1. The summed E-state index contributed by atoms with van der Waals surface area (Å²) in [6.45, 7) is 2.07. The number of nitrogens with one attached hydrogen (secondary N) is 1. The molecule has 0 aliphatic heterocycles. The number of nitrogens with zero attached hydrogens (tertiary/aromatic N) is 2. The maximum absolute atomic E-state index is 12.8. The molecule has 1 fully saturated rings. The zero-order chi connectivity index (χ0) is 21.7. The summed E-state index contributed by atoms with van der Waals surface area (Å²) in [6, 6.07) is 15.2. The molecule has 0 saturated heterocycles. The van der Waals surface area contributed by atoms with E-state index in [1.807, 2.05) is 18.2 Å². The molecule has 5 nitrogen and oxygen atoms in total. The fraction of sp³-hybridized carbons (Fsp3) is 0.280. The summed E-state index contributed by atoms with van der Waals surface area (Å²) >= 11 is 0. The summed E-state index contributed by atoms with van der Waals surface area (Å²) in [4.78, 5) is 9.10. The first-order valence-electron chi connectivity index (χ1n) is 10.7. The molecular formula is C25H27N3O2S. The molecule has 4 rings (SSSR count). The van der Waals surface area contributed by atoms with E-state index in [0.717, 1.165) is 48.9 Å². The van der Waals surface area contributed by atoms with Gasteiger partial charge in [-0.15, -0.1) is 0 Å². The first-order chi connectivity index (χ1) is 15.0. The highest BCUT2D eigenvalue weighted by Gasteiger charge is 2.28. The van der Waals surface area contributed by atoms with Crippen molar-refractivity contribution in [1.29, 1.82) is 0 Å². The molecule has 2 aromatic carbocycles. The molecular weight excluding hydrogens is 406 g/mol. The van der Waals surface area contributed by atoms with Crippen LogP contribution in [0.4, 0.5) is 11.6 Å². The molecule has 1 N–H and O–H groups in total. The molecule has 1 aliphatic carbocycles. The quantitative estimate of drug-likeness (QED) is 0.531. The van der Waals surface area contributed by atoms with Crippen LogP contribution in [0.25, 0.3) is 12.2 Å². The predicted molar refractivity (Wildman–Crippen MR) is 126 cm³/mol. The van der Waals surface area contributed by atoms with Crippen LogP contribution in [0, 0.1) is 6.92 Å². The number of sulfone groups is 1. The number of benzene rings is 2. The summed E-state index contributed by atoms with van der Waals surface area (Å²) < 4.78 is 25.7. The van der Waals surface area contributed by atoms with E-state index in [2.05, 4.69) is 40.4 Å². The number of anilines is 2. The van der Waals surface area contributed by atoms with Crippen molar-refractivity contribution in [2.75, 3.05) is 5.32 Å². The van der Waals surface area contributed by atoms with Gasteiger partial charge >= 0.3 is 0 Å². The monoisotopic (exact) mass is 433 g/mol. The molecule has 1 heterocycles. The van der Waals surface area contributed by atoms with E-state index in [9.17, 15) is 8.42 Å². The van der Waals surface area contributed by atoms with Crippen LogP contribution in [0.2, 0.25) is 0 Å². The molecule has 0 spiro atoms. The van der Waals surface area contributed by atoms with Crippen LogP contribution in [-0.4, -0.2) is 23.6 Å². The summed E-state index contributed by atoms with van der Waals surface area (Å²) in [6.07, 6.45) is 12.2. The van der Waals surface area contributed by atoms with Gasteiger partial charge in [0.15, 0.2) is 9.84 Å². The second-order valence-corrected chi connectivity index (χ2v) is 10.3. The van der Waals surface area contributed by atoms with Crippen molar-refractivity contribution < 1.29 is 8.42 Å². The van der Waals surface area contributed by atoms with Crippen LogP contribution in [0.5, 0.6) is 0 Å². The van der Waals surface area contributed by atoms with Crippen molar-refractivity contribution in [1.82, 2.24) is 9.97 Å². The van der Waals surface area contributed by atoms with Crippen molar-refractivity contribution >= 4 is 33.6 Å². The Kier molecular flexibility index (Phi) is 6.47. The molecule has 0 amide bonds. The van der Waals surface area contributed by atoms with Crippen molar-refractivity contribution in [3.05, 3.63) is 77.6 Å². The minimum Gasteiger partial charge on any atom is -0.324 e. The minimum atomic E-state index is -3.26. The van der Waals surface area contributed by atoms with E-state index >= 15 is 0 Å². The number of hydrogen-bond acceptors (Lipinski definition) is 5. The van der Waals surface area contributed by atoms with E-state index in [-0.39, 0.29) is 5.25 Å². The van der Waals surface area contributed by atoms with Crippen LogP contribution in [-0.2, 0) is 9.84 Å². The zero-order valence-electron chi connectivity index (χ0n) is 17.7. The Hall–Kier alpha value is -2.99. The number of aromatic nitrogens is 2. The lowest BCUT2D eigenvalue weighted by Gasteiger charge is -2.21. The summed E-state index contributed by atoms with van der Waals surface area (Å²) in [5.74, 6) is 0.468. The van der Waals surface area contributed by atoms with Crippen LogP contribution in [0.3, 0.4) is 0 Å². The number of rotatable bonds is 6. The topological polar surface area (TPSA) is 72.0 Å². The van der Waals surface area contributed by atoms with Crippen molar-refractivity contribution in [2.45, 2.75) is 49.2 Å². The van der Waals surface area contributed by atoms with E-state index < -0.39 is 9.84 Å². The summed E-state index contributed by atoms with van der Waals surface area (Å²) in [7, 11) is -3.26. The van der Waals surface area contributed by atoms with Gasteiger partial charge in [-0.2, -0.15) is 0 Å². The third-order valence-corrected chi connectivity index (χ3v) is 7.89. The second-order valence-electron chi connectivity index (χ2n) is 8.04. The summed E-state index contributed by atoms with van der Waals surface area (Å²) in [5.41, 5.74) is 4.01. The average molecular weight is 434 g/mol. The Balaban J connectivity index is 1.40. The van der Waals surface area contributed by atoms with Gasteiger partial charge < -0.3 is 5.32 Å². The van der Waals surface area contributed by atoms with Gasteiger partial charge in [-0.1, -0.05) is 61.2 Å². The van der Waals surface area contributed by atoms with Gasteiger partial charge in [-0.05, 0) is 49.6 Å². The van der Waals surface area contributed by atoms with Gasteiger partial charge in [-0.25, -0.2) is 18.4 Å². The molecule has 0 unspecified atom stereocenters. The van der Waals surface area contributed by atoms with Crippen LogP contribution in [0.15, 0.2) is 65.8 Å². The molecule has 6 heteroatoms. The molecule has 3 aromatic rings. The lowest BCUT2D eigenvalue weighted by atomic mass is 10.0. The van der Waals surface area contributed by atoms with Gasteiger partial charge in [0, 0.05) is 23.6 Å². The molecule has 1 aromatic heterocycles. The third-order valence-electron chi connectivity index (χ3n) is 5.61. The fourth-order valence-electron chi connectivity index (χ4n) is 3.88. The van der Waals surface area contributed by atoms with Crippen molar-refractivity contribution in [2.24, 2.45) is 0 Å². The first kappa shape index (κ1) is 21.2. The first-order valence-corrected chi connectivity index (χ1v) is 12.2. The highest BCUT2D eigenvalue weighted by atomic mass is 32.2. The highest BCUT2D eigenvalue weighted by molar-refractivity contribution is 7.92. The van der Waals surface area contributed by atoms with Crippen molar-refractivity contribution in [3.8, 4) is 0 Å². The van der Waals surface area contributed by atoms with Gasteiger partial charge in [0.1, 0.15) is 0 Å². The molecule has 31 heavy (non-hydrogen) atoms. The molecule has 1 aliphatic rings. The Morgan fingerprint density at radius 1 is 0.903 bits per heavy atom. The van der Waals surface area contributed by atoms with E-state index in [1.165, 1.54) is 5.56 Å². The maximum Gasteiger partial charge on any atom is 0.227 e. The molecule has 0 atom stereocenters. The van der Waals surface area contributed by atoms with E-state index in [1.54, 1.807) is 36.7 Å². The normalized spacial score (nSPS) is 15.3. The fourth-order valence-corrected chi connectivity index (χ4v) is 5.73. The van der Waals surface area contributed by atoms with Crippen LogP contribution in [0.1, 0.15) is 48.8 Å². The molecule has 1 saturated carbocycles. The Labute approximate surface area is 184 Å². The molecule has 0 radical (unpaired) electrons. The summed E-state index contributed by atoms with van der Waals surface area (Å²) in [5, 5.41) is 2.88. The predicted octanol–water partition coefficient (Wildman–Crippen LogP) is 5.81. The maximum atomic E-state index is 12.8. The molecule has 0 bridgehead atoms. The van der Waals surface area contributed by atoms with E-state index in [0.29, 0.717) is 10.8 Å². The number of aryl methyl sites for hydroxylation is 1. The third kappa shape index (κ3) is 5.39. The largest absolute Gasteiger partial charge is 0.324 e. The van der Waals surface area contributed by atoms with Crippen LogP contribution >= 0.6 is 0 Å². The second kappa shape index (κ2) is 9.43. The van der Waals surface area contributed by atoms with Gasteiger partial charge in [0.25, 0.3) is 0 Å². The highest BCUT2D eigenvalue weighted by Crippen LogP contribution is 2.29. The number of hydrogen-bond donors (Lipinski definition) is 1. The van der Waals surface area contributed by atoms with Gasteiger partial charge in [0.2, 0.25) is 5.95 Å². The Morgan fingerprint density at radius 2 is 1.58 bits per heavy atom. The molecule has 160 valence electrons. The smallest absolute Gasteiger partial charge is 0.227 e. The average Bonchev–Trinajstić information content (AvgIpc) is 2.80.